The van der Waals surface area contributed by atoms with E-state index in [-0.39, 0.29) is 4.99 Å². The van der Waals surface area contributed by atoms with Gasteiger partial charge in [0.1, 0.15) is 21.8 Å². The predicted molar refractivity (Wildman–Crippen MR) is 90.8 cm³/mol. The van der Waals surface area contributed by atoms with Crippen molar-refractivity contribution in [2.45, 2.75) is 0 Å². The summed E-state index contributed by atoms with van der Waals surface area (Å²) >= 11 is 18.3. The third kappa shape index (κ3) is 2.77. The van der Waals surface area contributed by atoms with E-state index in [4.69, 9.17) is 41.2 Å². The number of fused-ring (bicyclic) bond motifs is 1. The van der Waals surface area contributed by atoms with Crippen molar-refractivity contribution in [2.75, 3.05) is 5.32 Å². The number of pyridine rings is 1. The molecule has 5 nitrogen and oxygen atoms in total. The van der Waals surface area contributed by atoms with Gasteiger partial charge in [-0.15, -0.1) is 0 Å². The van der Waals surface area contributed by atoms with Crippen molar-refractivity contribution in [3.8, 4) is 0 Å². The summed E-state index contributed by atoms with van der Waals surface area (Å²) in [5, 5.41) is 4.00. The number of rotatable bonds is 3. The molecule has 0 aliphatic rings. The Labute approximate surface area is 139 Å². The van der Waals surface area contributed by atoms with Crippen molar-refractivity contribution in [2.24, 2.45) is 5.73 Å². The van der Waals surface area contributed by atoms with E-state index < -0.39 is 0 Å². The highest BCUT2D eigenvalue weighted by Gasteiger charge is 2.14. The Morgan fingerprint density at radius 2 is 1.95 bits per heavy atom. The number of anilines is 2. The molecular weight excluding hydrogens is 349 g/mol. The van der Waals surface area contributed by atoms with E-state index in [0.29, 0.717) is 38.3 Å². The minimum absolute atomic E-state index is 0.223. The molecule has 3 rings (SSSR count). The number of hydrogen-bond acceptors (Lipinski definition) is 6. The summed E-state index contributed by atoms with van der Waals surface area (Å²) in [6.07, 6.45) is 0. The molecule has 21 heavy (non-hydrogen) atoms. The molecule has 9 heteroatoms. The molecule has 3 aromatic rings. The molecule has 0 spiro atoms. The van der Waals surface area contributed by atoms with Crippen LogP contribution < -0.4 is 11.1 Å². The van der Waals surface area contributed by atoms with Crippen molar-refractivity contribution in [3.63, 3.8) is 0 Å². The highest BCUT2D eigenvalue weighted by Crippen LogP contribution is 2.36. The van der Waals surface area contributed by atoms with Crippen molar-refractivity contribution >= 4 is 74.7 Å². The summed E-state index contributed by atoms with van der Waals surface area (Å²) in [7, 11) is 0. The van der Waals surface area contributed by atoms with Crippen molar-refractivity contribution in [1.29, 1.82) is 0 Å². The fourth-order valence-corrected chi connectivity index (χ4v) is 3.04. The van der Waals surface area contributed by atoms with Gasteiger partial charge in [0, 0.05) is 0 Å². The molecule has 0 saturated carbocycles. The summed E-state index contributed by atoms with van der Waals surface area (Å²) < 4.78 is 8.36. The Bertz CT molecular complexity index is 849. The largest absolute Gasteiger partial charge is 0.388 e. The van der Waals surface area contributed by atoms with E-state index >= 15 is 0 Å². The molecule has 0 saturated heterocycles. The van der Waals surface area contributed by atoms with Gasteiger partial charge in [-0.25, -0.2) is 4.98 Å². The van der Waals surface area contributed by atoms with Crippen molar-refractivity contribution in [1.82, 2.24) is 13.7 Å². The third-order valence-electron chi connectivity index (χ3n) is 2.70. The number of halogens is 2. The zero-order valence-electron chi connectivity index (χ0n) is 10.3. The van der Waals surface area contributed by atoms with Crippen LogP contribution in [0.15, 0.2) is 24.3 Å². The second-order valence-electron chi connectivity index (χ2n) is 4.07. The van der Waals surface area contributed by atoms with E-state index in [1.807, 2.05) is 0 Å². The monoisotopic (exact) mass is 355 g/mol. The van der Waals surface area contributed by atoms with Crippen LogP contribution in [0.25, 0.3) is 11.0 Å². The molecule has 0 aliphatic heterocycles. The number of benzene rings is 1. The topological polar surface area (TPSA) is 76.7 Å². The highest BCUT2D eigenvalue weighted by molar-refractivity contribution is 7.80. The highest BCUT2D eigenvalue weighted by atomic mass is 35.5. The number of nitrogens with one attached hydrogen (secondary N) is 1. The maximum Gasteiger partial charge on any atom is 0.131 e. The minimum Gasteiger partial charge on any atom is -0.388 e. The van der Waals surface area contributed by atoms with Crippen LogP contribution in [0.2, 0.25) is 10.0 Å². The average Bonchev–Trinajstić information content (AvgIpc) is 2.93. The zero-order chi connectivity index (χ0) is 15.0. The summed E-state index contributed by atoms with van der Waals surface area (Å²) in [5.41, 5.74) is 7.89. The molecule has 2 aromatic heterocycles. The van der Waals surface area contributed by atoms with E-state index in [1.165, 1.54) is 0 Å². The molecule has 0 amide bonds. The van der Waals surface area contributed by atoms with E-state index in [0.717, 1.165) is 11.7 Å². The van der Waals surface area contributed by atoms with Gasteiger partial charge in [-0.1, -0.05) is 41.5 Å². The standard InChI is InChI=1S/C12H7Cl2N5S2/c13-5-4-6(14)10-11(19-21-18-10)9(5)17-8-3-1-2-7(16-8)12(15)20/h1-4H,(H2,15,20)(H,16,17). The fraction of sp³-hybridized carbons (Fsp3) is 0. The predicted octanol–water partition coefficient (Wildman–Crippen LogP) is 3.77. The quantitative estimate of drug-likeness (QED) is 0.696. The first-order valence-corrected chi connectivity index (χ1v) is 7.60. The second kappa shape index (κ2) is 5.69. The lowest BCUT2D eigenvalue weighted by Gasteiger charge is -2.09. The van der Waals surface area contributed by atoms with Gasteiger partial charge >= 0.3 is 0 Å². The van der Waals surface area contributed by atoms with Crippen LogP contribution in [0.3, 0.4) is 0 Å². The Kier molecular flexibility index (Phi) is 3.90. The van der Waals surface area contributed by atoms with Gasteiger partial charge in [0.2, 0.25) is 0 Å². The summed E-state index contributed by atoms with van der Waals surface area (Å²) in [4.78, 5) is 4.53. The Balaban J connectivity index is 2.08. The van der Waals surface area contributed by atoms with E-state index in [1.54, 1.807) is 24.3 Å². The second-order valence-corrected chi connectivity index (χ2v) is 5.86. The third-order valence-corrected chi connectivity index (χ3v) is 4.02. The number of nitrogens with two attached hydrogens (primary N) is 1. The zero-order valence-corrected chi connectivity index (χ0v) is 13.4. The first kappa shape index (κ1) is 14.4. The summed E-state index contributed by atoms with van der Waals surface area (Å²) in [5.74, 6) is 0.554. The maximum atomic E-state index is 6.23. The number of hydrogen-bond donors (Lipinski definition) is 2. The van der Waals surface area contributed by atoms with Crippen LogP contribution >= 0.6 is 47.1 Å². The molecule has 1 aromatic carbocycles. The fourth-order valence-electron chi connectivity index (χ4n) is 1.76. The number of nitrogens with zero attached hydrogens (tertiary/aromatic N) is 3. The van der Waals surface area contributed by atoms with Crippen LogP contribution in [0, 0.1) is 0 Å². The molecule has 0 fully saturated rings. The van der Waals surface area contributed by atoms with E-state index in [2.05, 4.69) is 19.0 Å². The smallest absolute Gasteiger partial charge is 0.131 e. The minimum atomic E-state index is 0.223. The van der Waals surface area contributed by atoms with Crippen LogP contribution in [0.5, 0.6) is 0 Å². The number of aromatic nitrogens is 3. The average molecular weight is 356 g/mol. The summed E-state index contributed by atoms with van der Waals surface area (Å²) in [6, 6.07) is 6.92. The van der Waals surface area contributed by atoms with E-state index in [9.17, 15) is 0 Å². The van der Waals surface area contributed by atoms with Crippen LogP contribution in [0.1, 0.15) is 5.69 Å². The van der Waals surface area contributed by atoms with Crippen LogP contribution in [0.4, 0.5) is 11.5 Å². The normalized spacial score (nSPS) is 10.8. The van der Waals surface area contributed by atoms with Gasteiger partial charge in [0.05, 0.1) is 33.2 Å². The van der Waals surface area contributed by atoms with Crippen LogP contribution in [-0.4, -0.2) is 18.7 Å². The molecule has 106 valence electrons. The van der Waals surface area contributed by atoms with Crippen molar-refractivity contribution in [3.05, 3.63) is 40.0 Å². The molecular formula is C12H7Cl2N5S2. The van der Waals surface area contributed by atoms with Gasteiger partial charge in [-0.2, -0.15) is 8.75 Å². The van der Waals surface area contributed by atoms with Gasteiger partial charge in [0.25, 0.3) is 0 Å². The SMILES string of the molecule is NC(=S)c1cccc(Nc2c(Cl)cc(Cl)c3nsnc23)n1. The van der Waals surface area contributed by atoms with Gasteiger partial charge in [0.15, 0.2) is 0 Å². The van der Waals surface area contributed by atoms with Gasteiger partial charge < -0.3 is 11.1 Å². The molecule has 0 unspecified atom stereocenters. The lowest BCUT2D eigenvalue weighted by molar-refractivity contribution is 1.28. The Morgan fingerprint density at radius 1 is 1.19 bits per heavy atom. The molecule has 0 bridgehead atoms. The van der Waals surface area contributed by atoms with Gasteiger partial charge in [-0.3, -0.25) is 0 Å². The lowest BCUT2D eigenvalue weighted by atomic mass is 10.2. The molecule has 0 atom stereocenters. The van der Waals surface area contributed by atoms with Gasteiger partial charge in [-0.05, 0) is 18.2 Å². The summed E-state index contributed by atoms with van der Waals surface area (Å²) in [6.45, 7) is 0. The molecule has 0 aliphatic carbocycles. The first-order chi connectivity index (χ1) is 10.1. The van der Waals surface area contributed by atoms with Crippen molar-refractivity contribution < 1.29 is 0 Å². The molecule has 0 radical (unpaired) electrons. The Morgan fingerprint density at radius 3 is 2.71 bits per heavy atom. The maximum absolute atomic E-state index is 6.23. The first-order valence-electron chi connectivity index (χ1n) is 5.70. The Hall–Kier alpha value is -1.54. The number of thiocarbonyl (C=S) groups is 1. The molecule has 3 N–H and O–H groups in total. The lowest BCUT2D eigenvalue weighted by Crippen LogP contribution is -2.12. The molecule has 2 heterocycles. The van der Waals surface area contributed by atoms with Crippen LogP contribution in [-0.2, 0) is 0 Å².